The van der Waals surface area contributed by atoms with Gasteiger partial charge in [0.2, 0.25) is 0 Å². The van der Waals surface area contributed by atoms with E-state index in [0.717, 1.165) is 16.2 Å². The molecule has 0 spiro atoms. The molecule has 1 N–H and O–H groups in total. The van der Waals surface area contributed by atoms with Crippen LogP contribution < -0.4 is 10.1 Å². The Balaban J connectivity index is 1.77. The molecule has 0 aliphatic heterocycles. The monoisotopic (exact) mass is 365 g/mol. The number of anilines is 1. The SMILES string of the molecule is COc1ccc(NC(=O)c2ccccc2CS(=O)c2ccccc2)cc1. The second-order valence-electron chi connectivity index (χ2n) is 5.64. The molecule has 26 heavy (non-hydrogen) atoms. The Morgan fingerprint density at radius 3 is 2.27 bits per heavy atom. The molecule has 0 aliphatic rings. The largest absolute Gasteiger partial charge is 0.497 e. The quantitative estimate of drug-likeness (QED) is 0.710. The maximum Gasteiger partial charge on any atom is 0.255 e. The van der Waals surface area contributed by atoms with Gasteiger partial charge in [0.25, 0.3) is 5.91 Å². The molecule has 3 aromatic carbocycles. The van der Waals surface area contributed by atoms with Gasteiger partial charge in [-0.1, -0.05) is 36.4 Å². The molecule has 0 saturated carbocycles. The van der Waals surface area contributed by atoms with Crippen LogP contribution in [0.3, 0.4) is 0 Å². The molecule has 0 radical (unpaired) electrons. The third-order valence-corrected chi connectivity index (χ3v) is 5.27. The van der Waals surface area contributed by atoms with E-state index in [2.05, 4.69) is 5.32 Å². The summed E-state index contributed by atoms with van der Waals surface area (Å²) in [6, 6.07) is 23.6. The number of ether oxygens (including phenoxy) is 1. The van der Waals surface area contributed by atoms with E-state index in [1.807, 2.05) is 42.5 Å². The standard InChI is InChI=1S/C21H19NO3S/c1-25-18-13-11-17(12-14-18)22-21(23)20-10-6-5-7-16(20)15-26(24)19-8-3-2-4-9-19/h2-14H,15H2,1H3,(H,22,23). The molecule has 0 fully saturated rings. The van der Waals surface area contributed by atoms with Crippen molar-refractivity contribution in [3.05, 3.63) is 90.0 Å². The van der Waals surface area contributed by atoms with Gasteiger partial charge in [0.1, 0.15) is 5.75 Å². The molecule has 132 valence electrons. The van der Waals surface area contributed by atoms with Gasteiger partial charge >= 0.3 is 0 Å². The van der Waals surface area contributed by atoms with Gasteiger partial charge in [-0.25, -0.2) is 0 Å². The predicted octanol–water partition coefficient (Wildman–Crippen LogP) is 4.26. The van der Waals surface area contributed by atoms with Crippen LogP contribution in [-0.2, 0) is 16.6 Å². The highest BCUT2D eigenvalue weighted by Gasteiger charge is 2.14. The van der Waals surface area contributed by atoms with E-state index >= 15 is 0 Å². The topological polar surface area (TPSA) is 55.4 Å². The first-order chi connectivity index (χ1) is 12.7. The lowest BCUT2D eigenvalue weighted by Gasteiger charge is -2.11. The highest BCUT2D eigenvalue weighted by molar-refractivity contribution is 7.84. The van der Waals surface area contributed by atoms with Crippen LogP contribution in [-0.4, -0.2) is 17.2 Å². The summed E-state index contributed by atoms with van der Waals surface area (Å²) in [5, 5.41) is 2.87. The lowest BCUT2D eigenvalue weighted by Crippen LogP contribution is -2.15. The Morgan fingerprint density at radius 2 is 1.58 bits per heavy atom. The second kappa shape index (κ2) is 8.45. The Morgan fingerprint density at radius 1 is 0.923 bits per heavy atom. The summed E-state index contributed by atoms with van der Waals surface area (Å²) >= 11 is 0. The summed E-state index contributed by atoms with van der Waals surface area (Å²) in [4.78, 5) is 13.4. The van der Waals surface area contributed by atoms with Crippen LogP contribution in [0.2, 0.25) is 0 Å². The van der Waals surface area contributed by atoms with Crippen molar-refractivity contribution in [3.63, 3.8) is 0 Å². The summed E-state index contributed by atoms with van der Waals surface area (Å²) < 4.78 is 17.7. The smallest absolute Gasteiger partial charge is 0.255 e. The summed E-state index contributed by atoms with van der Waals surface area (Å²) in [7, 11) is 0.385. The summed E-state index contributed by atoms with van der Waals surface area (Å²) in [6.45, 7) is 0. The number of carbonyl (C=O) groups is 1. The fourth-order valence-electron chi connectivity index (χ4n) is 2.54. The maximum atomic E-state index is 12.7. The highest BCUT2D eigenvalue weighted by Crippen LogP contribution is 2.19. The molecular weight excluding hydrogens is 346 g/mol. The van der Waals surface area contributed by atoms with E-state index in [1.54, 1.807) is 43.5 Å². The van der Waals surface area contributed by atoms with Gasteiger partial charge in [0, 0.05) is 16.1 Å². The average Bonchev–Trinajstić information content (AvgIpc) is 2.69. The zero-order chi connectivity index (χ0) is 18.4. The van der Waals surface area contributed by atoms with Crippen LogP contribution in [0.4, 0.5) is 5.69 Å². The van der Waals surface area contributed by atoms with Crippen LogP contribution in [0, 0.1) is 0 Å². The Bertz CT molecular complexity index is 908. The molecule has 4 nitrogen and oxygen atoms in total. The van der Waals surface area contributed by atoms with Gasteiger partial charge in [-0.3, -0.25) is 9.00 Å². The van der Waals surface area contributed by atoms with Gasteiger partial charge in [-0.05, 0) is 48.0 Å². The minimum Gasteiger partial charge on any atom is -0.497 e. The second-order valence-corrected chi connectivity index (χ2v) is 7.09. The van der Waals surface area contributed by atoms with Crippen LogP contribution in [0.1, 0.15) is 15.9 Å². The number of rotatable bonds is 6. The van der Waals surface area contributed by atoms with Crippen molar-refractivity contribution >= 4 is 22.4 Å². The molecular formula is C21H19NO3S. The van der Waals surface area contributed by atoms with E-state index in [9.17, 15) is 9.00 Å². The molecule has 0 bridgehead atoms. The predicted molar refractivity (Wildman–Crippen MR) is 104 cm³/mol. The van der Waals surface area contributed by atoms with Gasteiger partial charge in [0.05, 0.1) is 23.7 Å². The molecule has 3 rings (SSSR count). The third-order valence-electron chi connectivity index (χ3n) is 3.90. The first-order valence-corrected chi connectivity index (χ1v) is 9.46. The highest BCUT2D eigenvalue weighted by atomic mass is 32.2. The molecule has 0 aliphatic carbocycles. The minimum atomic E-state index is -1.21. The van der Waals surface area contributed by atoms with Crippen molar-refractivity contribution in [2.75, 3.05) is 12.4 Å². The van der Waals surface area contributed by atoms with Crippen molar-refractivity contribution < 1.29 is 13.7 Å². The van der Waals surface area contributed by atoms with Crippen molar-refractivity contribution in [2.24, 2.45) is 0 Å². The Kier molecular flexibility index (Phi) is 5.81. The fourth-order valence-corrected chi connectivity index (χ4v) is 3.70. The molecule has 3 aromatic rings. The van der Waals surface area contributed by atoms with Crippen molar-refractivity contribution in [2.45, 2.75) is 10.6 Å². The van der Waals surface area contributed by atoms with Crippen LogP contribution >= 0.6 is 0 Å². The minimum absolute atomic E-state index is 0.226. The van der Waals surface area contributed by atoms with Gasteiger partial charge < -0.3 is 10.1 Å². The third kappa shape index (κ3) is 4.37. The molecule has 1 unspecified atom stereocenters. The van der Waals surface area contributed by atoms with Crippen molar-refractivity contribution in [3.8, 4) is 5.75 Å². The number of amides is 1. The molecule has 0 heterocycles. The molecule has 1 atom stereocenters. The van der Waals surface area contributed by atoms with Gasteiger partial charge in [-0.2, -0.15) is 0 Å². The van der Waals surface area contributed by atoms with Gasteiger partial charge in [0.15, 0.2) is 0 Å². The zero-order valence-corrected chi connectivity index (χ0v) is 15.2. The van der Waals surface area contributed by atoms with E-state index in [-0.39, 0.29) is 11.7 Å². The number of hydrogen-bond donors (Lipinski definition) is 1. The molecule has 1 amide bonds. The first-order valence-electron chi connectivity index (χ1n) is 8.14. The van der Waals surface area contributed by atoms with Crippen molar-refractivity contribution in [1.82, 2.24) is 0 Å². The van der Waals surface area contributed by atoms with Crippen LogP contribution in [0.15, 0.2) is 83.8 Å². The fraction of sp³-hybridized carbons (Fsp3) is 0.0952. The lowest BCUT2D eigenvalue weighted by atomic mass is 10.1. The normalized spacial score (nSPS) is 11.6. The van der Waals surface area contributed by atoms with Gasteiger partial charge in [-0.15, -0.1) is 0 Å². The number of benzene rings is 3. The number of hydrogen-bond acceptors (Lipinski definition) is 3. The summed E-state index contributed by atoms with van der Waals surface area (Å²) in [5.74, 6) is 0.786. The average molecular weight is 365 g/mol. The van der Waals surface area contributed by atoms with E-state index in [0.29, 0.717) is 11.3 Å². The summed E-state index contributed by atoms with van der Waals surface area (Å²) in [5.41, 5.74) is 1.95. The zero-order valence-electron chi connectivity index (χ0n) is 14.3. The Labute approximate surface area is 155 Å². The summed E-state index contributed by atoms with van der Waals surface area (Å²) in [6.07, 6.45) is 0. The van der Waals surface area contributed by atoms with Crippen LogP contribution in [0.5, 0.6) is 5.75 Å². The number of carbonyl (C=O) groups excluding carboxylic acids is 1. The maximum absolute atomic E-state index is 12.7. The Hall–Kier alpha value is -2.92. The first kappa shape index (κ1) is 17.9. The van der Waals surface area contributed by atoms with Crippen molar-refractivity contribution in [1.29, 1.82) is 0 Å². The van der Waals surface area contributed by atoms with Crippen LogP contribution in [0.25, 0.3) is 0 Å². The lowest BCUT2D eigenvalue weighted by molar-refractivity contribution is 0.102. The van der Waals surface area contributed by atoms with E-state index in [1.165, 1.54) is 0 Å². The molecule has 0 saturated heterocycles. The molecule has 5 heteroatoms. The number of nitrogens with one attached hydrogen (secondary N) is 1. The number of methoxy groups -OCH3 is 1. The van der Waals surface area contributed by atoms with E-state index in [4.69, 9.17) is 4.74 Å². The van der Waals surface area contributed by atoms with E-state index < -0.39 is 10.8 Å². The molecule has 0 aromatic heterocycles.